The number of nitrogens with one attached hydrogen (secondary N) is 1. The fourth-order valence-electron chi connectivity index (χ4n) is 3.46. The molecule has 1 N–H and O–H groups in total. The van der Waals surface area contributed by atoms with Crippen molar-refractivity contribution in [1.82, 2.24) is 24.5 Å². The maximum atomic E-state index is 12.3. The van der Waals surface area contributed by atoms with Crippen molar-refractivity contribution in [2.75, 3.05) is 26.2 Å². The molecule has 2 aromatic rings. The first-order valence-corrected chi connectivity index (χ1v) is 9.82. The molecule has 1 saturated carbocycles. The molecule has 2 aromatic heterocycles. The third-order valence-corrected chi connectivity index (χ3v) is 5.54. The quantitative estimate of drug-likeness (QED) is 0.830. The molecule has 0 spiro atoms. The highest BCUT2D eigenvalue weighted by atomic mass is 35.5. The van der Waals surface area contributed by atoms with Crippen LogP contribution in [0.3, 0.4) is 0 Å². The van der Waals surface area contributed by atoms with E-state index < -0.39 is 0 Å². The van der Waals surface area contributed by atoms with Crippen molar-refractivity contribution in [2.24, 2.45) is 0 Å². The Hall–Kier alpha value is -1.96. The van der Waals surface area contributed by atoms with Gasteiger partial charge in [-0.2, -0.15) is 0 Å². The van der Waals surface area contributed by atoms with Crippen LogP contribution in [0.5, 0.6) is 0 Å². The number of hydrogen-bond acceptors (Lipinski definition) is 5. The van der Waals surface area contributed by atoms with E-state index in [1.165, 1.54) is 4.40 Å². The summed E-state index contributed by atoms with van der Waals surface area (Å²) in [5.41, 5.74) is 1.24. The number of pyridine rings is 1. The Kier molecular flexibility index (Phi) is 5.16. The Morgan fingerprint density at radius 1 is 1.30 bits per heavy atom. The molecule has 4 rings (SSSR count). The molecule has 0 unspecified atom stereocenters. The summed E-state index contributed by atoms with van der Waals surface area (Å²) in [4.78, 5) is 33.6. The molecule has 1 saturated heterocycles. The van der Waals surface area contributed by atoms with Gasteiger partial charge in [-0.1, -0.05) is 11.6 Å². The molecule has 3 heterocycles. The highest BCUT2D eigenvalue weighted by molar-refractivity contribution is 6.30. The van der Waals surface area contributed by atoms with Crippen LogP contribution in [-0.2, 0) is 11.3 Å². The molecule has 0 radical (unpaired) electrons. The summed E-state index contributed by atoms with van der Waals surface area (Å²) < 4.78 is 1.46. The maximum absolute atomic E-state index is 12.3. The summed E-state index contributed by atoms with van der Waals surface area (Å²) in [5, 5.41) is 3.59. The van der Waals surface area contributed by atoms with Crippen LogP contribution in [0, 0.1) is 0 Å². The van der Waals surface area contributed by atoms with Gasteiger partial charge in [0.15, 0.2) is 0 Å². The Morgan fingerprint density at radius 2 is 2.04 bits per heavy atom. The number of aromatic nitrogens is 2. The lowest BCUT2D eigenvalue weighted by atomic mass is 10.2. The lowest BCUT2D eigenvalue weighted by Gasteiger charge is -2.37. The standard InChI is InChI=1S/C19H24ClN5O2/c1-13(19(27)22-15-3-4-15)24-8-6-23(7-9-24)12-16-10-18(26)25-11-14(20)2-5-17(25)21-16/h2,5,10-11,13,15H,3-4,6-9,12H2,1H3,(H,22,27)/t13-/m1/s1. The van der Waals surface area contributed by atoms with Crippen molar-refractivity contribution in [3.05, 3.63) is 45.5 Å². The normalized spacial score (nSPS) is 19.9. The largest absolute Gasteiger partial charge is 0.352 e. The maximum Gasteiger partial charge on any atom is 0.258 e. The van der Waals surface area contributed by atoms with Gasteiger partial charge in [-0.25, -0.2) is 4.98 Å². The minimum absolute atomic E-state index is 0.0964. The first kappa shape index (κ1) is 18.4. The summed E-state index contributed by atoms with van der Waals surface area (Å²) in [5.74, 6) is 0.133. The third-order valence-electron chi connectivity index (χ3n) is 5.32. The lowest BCUT2D eigenvalue weighted by Crippen LogP contribution is -2.53. The van der Waals surface area contributed by atoms with E-state index in [1.807, 2.05) is 6.92 Å². The van der Waals surface area contributed by atoms with Crippen molar-refractivity contribution < 1.29 is 4.79 Å². The Morgan fingerprint density at radius 3 is 2.74 bits per heavy atom. The predicted octanol–water partition coefficient (Wildman–Crippen LogP) is 1.13. The molecule has 1 atom stereocenters. The minimum atomic E-state index is -0.124. The van der Waals surface area contributed by atoms with Crippen molar-refractivity contribution in [3.63, 3.8) is 0 Å². The first-order chi connectivity index (χ1) is 13.0. The van der Waals surface area contributed by atoms with Gasteiger partial charge in [0, 0.05) is 51.0 Å². The monoisotopic (exact) mass is 389 g/mol. The van der Waals surface area contributed by atoms with Gasteiger partial charge in [-0.15, -0.1) is 0 Å². The Bertz CT molecular complexity index is 903. The van der Waals surface area contributed by atoms with E-state index in [0.717, 1.165) is 44.7 Å². The molecule has 2 fully saturated rings. The molecule has 0 bridgehead atoms. The number of fused-ring (bicyclic) bond motifs is 1. The van der Waals surface area contributed by atoms with E-state index in [-0.39, 0.29) is 17.5 Å². The Labute approximate surface area is 162 Å². The van der Waals surface area contributed by atoms with Crippen LogP contribution in [0.1, 0.15) is 25.5 Å². The zero-order valence-electron chi connectivity index (χ0n) is 15.4. The van der Waals surface area contributed by atoms with E-state index >= 15 is 0 Å². The van der Waals surface area contributed by atoms with Gasteiger partial charge in [0.05, 0.1) is 16.8 Å². The topological polar surface area (TPSA) is 70.0 Å². The van der Waals surface area contributed by atoms with Crippen LogP contribution in [0.4, 0.5) is 0 Å². The van der Waals surface area contributed by atoms with E-state index in [9.17, 15) is 9.59 Å². The molecule has 8 heteroatoms. The highest BCUT2D eigenvalue weighted by Gasteiger charge is 2.30. The fraction of sp³-hybridized carbons (Fsp3) is 0.526. The number of nitrogens with zero attached hydrogens (tertiary/aromatic N) is 4. The number of carbonyl (C=O) groups is 1. The van der Waals surface area contributed by atoms with E-state index in [0.29, 0.717) is 23.3 Å². The molecule has 1 amide bonds. The summed E-state index contributed by atoms with van der Waals surface area (Å²) in [6, 6.07) is 5.36. The second-order valence-corrected chi connectivity index (χ2v) is 7.87. The summed E-state index contributed by atoms with van der Waals surface area (Å²) in [6.45, 7) is 5.98. The highest BCUT2D eigenvalue weighted by Crippen LogP contribution is 2.19. The molecule has 7 nitrogen and oxygen atoms in total. The molecule has 27 heavy (non-hydrogen) atoms. The van der Waals surface area contributed by atoms with Gasteiger partial charge in [-0.3, -0.25) is 23.8 Å². The molecule has 0 aromatic carbocycles. The number of hydrogen-bond donors (Lipinski definition) is 1. The first-order valence-electron chi connectivity index (χ1n) is 9.44. The molecule has 1 aliphatic carbocycles. The SMILES string of the molecule is C[C@H](C(=O)NC1CC1)N1CCN(Cc2cc(=O)n3cc(Cl)ccc3n2)CC1. The van der Waals surface area contributed by atoms with Crippen LogP contribution in [-0.4, -0.2) is 63.4 Å². The summed E-state index contributed by atoms with van der Waals surface area (Å²) in [7, 11) is 0. The van der Waals surface area contributed by atoms with Gasteiger partial charge < -0.3 is 5.32 Å². The second kappa shape index (κ2) is 7.58. The second-order valence-electron chi connectivity index (χ2n) is 7.43. The van der Waals surface area contributed by atoms with Crippen LogP contribution in [0.2, 0.25) is 5.02 Å². The Balaban J connectivity index is 1.36. The predicted molar refractivity (Wildman–Crippen MR) is 104 cm³/mol. The van der Waals surface area contributed by atoms with E-state index in [1.54, 1.807) is 24.4 Å². The van der Waals surface area contributed by atoms with Gasteiger partial charge >= 0.3 is 0 Å². The zero-order valence-corrected chi connectivity index (χ0v) is 16.2. The van der Waals surface area contributed by atoms with Crippen LogP contribution in [0.25, 0.3) is 5.65 Å². The van der Waals surface area contributed by atoms with Crippen molar-refractivity contribution in [1.29, 1.82) is 0 Å². The van der Waals surface area contributed by atoms with Gasteiger partial charge in [0.1, 0.15) is 5.65 Å². The average Bonchev–Trinajstić information content (AvgIpc) is 3.46. The number of halogens is 1. The van der Waals surface area contributed by atoms with E-state index in [2.05, 4.69) is 20.1 Å². The minimum Gasteiger partial charge on any atom is -0.352 e. The van der Waals surface area contributed by atoms with Crippen molar-refractivity contribution in [2.45, 2.75) is 38.4 Å². The van der Waals surface area contributed by atoms with Crippen LogP contribution < -0.4 is 10.9 Å². The molecular weight excluding hydrogens is 366 g/mol. The van der Waals surface area contributed by atoms with E-state index in [4.69, 9.17) is 11.6 Å². The number of carbonyl (C=O) groups excluding carboxylic acids is 1. The lowest BCUT2D eigenvalue weighted by molar-refractivity contribution is -0.126. The van der Waals surface area contributed by atoms with Crippen molar-refractivity contribution in [3.8, 4) is 0 Å². The van der Waals surface area contributed by atoms with Crippen molar-refractivity contribution >= 4 is 23.2 Å². The molecule has 144 valence electrons. The van der Waals surface area contributed by atoms with Gasteiger partial charge in [-0.05, 0) is 31.9 Å². The van der Waals surface area contributed by atoms with Crippen LogP contribution in [0.15, 0.2) is 29.2 Å². The summed E-state index contributed by atoms with van der Waals surface area (Å²) in [6.07, 6.45) is 3.80. The van der Waals surface area contributed by atoms with Crippen LogP contribution >= 0.6 is 11.6 Å². The smallest absolute Gasteiger partial charge is 0.258 e. The number of rotatable bonds is 5. The average molecular weight is 390 g/mol. The third kappa shape index (κ3) is 4.31. The molecular formula is C19H24ClN5O2. The van der Waals surface area contributed by atoms with Gasteiger partial charge in [0.2, 0.25) is 5.91 Å². The molecule has 2 aliphatic rings. The zero-order chi connectivity index (χ0) is 19.0. The number of amides is 1. The fourth-order valence-corrected chi connectivity index (χ4v) is 3.62. The number of piperazine rings is 1. The summed E-state index contributed by atoms with van der Waals surface area (Å²) >= 11 is 5.95. The molecule has 1 aliphatic heterocycles. The van der Waals surface area contributed by atoms with Gasteiger partial charge in [0.25, 0.3) is 5.56 Å².